The van der Waals surface area contributed by atoms with Gasteiger partial charge in [0.2, 0.25) is 0 Å². The lowest BCUT2D eigenvalue weighted by Crippen LogP contribution is -2.54. The number of carbonyl (C=O) groups is 1. The average Bonchev–Trinajstić information content (AvgIpc) is 2.72. The van der Waals surface area contributed by atoms with Gasteiger partial charge in [0.15, 0.2) is 6.21 Å². The molecule has 8 nitrogen and oxygen atoms in total. The molecule has 1 amide bonds. The Balaban J connectivity index is 1.80. The van der Waals surface area contributed by atoms with E-state index in [9.17, 15) is 4.79 Å². The van der Waals surface area contributed by atoms with Crippen molar-refractivity contribution in [1.29, 1.82) is 0 Å². The molecule has 3 aromatic rings. The fourth-order valence-corrected chi connectivity index (χ4v) is 3.48. The summed E-state index contributed by atoms with van der Waals surface area (Å²) in [5.41, 5.74) is 10.5. The Kier molecular flexibility index (Phi) is 4.85. The Bertz CT molecular complexity index is 1110. The predicted molar refractivity (Wildman–Crippen MR) is 113 cm³/mol. The van der Waals surface area contributed by atoms with Crippen molar-refractivity contribution in [2.24, 2.45) is 0 Å². The molecule has 0 aliphatic carbocycles. The lowest BCUT2D eigenvalue weighted by Gasteiger charge is -2.37. The molecule has 0 atom stereocenters. The summed E-state index contributed by atoms with van der Waals surface area (Å²) in [5, 5.41) is 9.58. The van der Waals surface area contributed by atoms with Crippen LogP contribution in [0.2, 0.25) is 0 Å². The topological polar surface area (TPSA) is 119 Å². The molecule has 3 heterocycles. The summed E-state index contributed by atoms with van der Waals surface area (Å²) in [6.07, 6.45) is 3.31. The third kappa shape index (κ3) is 3.27. The quantitative estimate of drug-likeness (QED) is 0.547. The Labute approximate surface area is 168 Å². The van der Waals surface area contributed by atoms with Crippen LogP contribution < -0.4 is 16.5 Å². The molecule has 0 saturated carbocycles. The van der Waals surface area contributed by atoms with Crippen molar-refractivity contribution < 1.29 is 14.9 Å². The van der Waals surface area contributed by atoms with E-state index in [0.29, 0.717) is 35.5 Å². The minimum absolute atomic E-state index is 0.0893. The number of methoxy groups -OCH3 is 1. The summed E-state index contributed by atoms with van der Waals surface area (Å²) >= 11 is 0. The maximum Gasteiger partial charge on any atom is 0.272 e. The van der Waals surface area contributed by atoms with Crippen LogP contribution in [0.25, 0.3) is 22.0 Å². The van der Waals surface area contributed by atoms with Crippen molar-refractivity contribution in [3.8, 4) is 11.1 Å². The maximum atomic E-state index is 12.8. The first-order chi connectivity index (χ1) is 14.0. The van der Waals surface area contributed by atoms with Gasteiger partial charge in [0, 0.05) is 50.1 Å². The highest BCUT2D eigenvalue weighted by atomic mass is 16.5. The summed E-state index contributed by atoms with van der Waals surface area (Å²) in [6, 6.07) is 9.34. The molecule has 2 aromatic heterocycles. The van der Waals surface area contributed by atoms with E-state index < -0.39 is 0 Å². The van der Waals surface area contributed by atoms with E-state index in [1.807, 2.05) is 25.2 Å². The molecule has 1 aliphatic heterocycles. The van der Waals surface area contributed by atoms with Crippen molar-refractivity contribution in [3.63, 3.8) is 0 Å². The van der Waals surface area contributed by atoms with Gasteiger partial charge < -0.3 is 20.7 Å². The number of nitrogens with one attached hydrogen (secondary N) is 1. The number of aromatic nitrogens is 2. The molecule has 0 unspecified atom stereocenters. The van der Waals surface area contributed by atoms with Crippen molar-refractivity contribution in [2.45, 2.75) is 6.10 Å². The van der Waals surface area contributed by atoms with E-state index in [1.54, 1.807) is 36.6 Å². The highest BCUT2D eigenvalue weighted by Gasteiger charge is 2.31. The van der Waals surface area contributed by atoms with E-state index in [1.165, 1.54) is 0 Å². The summed E-state index contributed by atoms with van der Waals surface area (Å²) in [5.74, 6) is 0.249. The SMILES string of the molecule is CNc1ccc(-c2cnc(N)c3ccc(C(=O)N4CC(OC)C4)nc23)cc1C=[NH2+]. The monoisotopic (exact) mass is 391 g/mol. The number of hydrogen-bond donors (Lipinski definition) is 3. The van der Waals surface area contributed by atoms with Gasteiger partial charge in [-0.3, -0.25) is 10.2 Å². The molecule has 4 rings (SSSR count). The number of nitrogens with two attached hydrogens (primary N) is 2. The zero-order chi connectivity index (χ0) is 20.5. The van der Waals surface area contributed by atoms with Crippen LogP contribution in [0, 0.1) is 0 Å². The first-order valence-electron chi connectivity index (χ1n) is 9.30. The second-order valence-electron chi connectivity index (χ2n) is 6.94. The summed E-state index contributed by atoms with van der Waals surface area (Å²) in [4.78, 5) is 23.5. The molecule has 0 radical (unpaired) electrons. The molecule has 29 heavy (non-hydrogen) atoms. The number of pyridine rings is 2. The highest BCUT2D eigenvalue weighted by molar-refractivity contribution is 6.02. The zero-order valence-electron chi connectivity index (χ0n) is 16.3. The molecule has 5 N–H and O–H groups in total. The molecule has 1 saturated heterocycles. The predicted octanol–water partition coefficient (Wildman–Crippen LogP) is 0.570. The van der Waals surface area contributed by atoms with Crippen LogP contribution in [0.4, 0.5) is 11.5 Å². The van der Waals surface area contributed by atoms with Gasteiger partial charge in [0.1, 0.15) is 11.5 Å². The van der Waals surface area contributed by atoms with Gasteiger partial charge >= 0.3 is 0 Å². The molecular formula is C21H23N6O2+. The highest BCUT2D eigenvalue weighted by Crippen LogP contribution is 2.31. The molecule has 0 bridgehead atoms. The van der Waals surface area contributed by atoms with Crippen LogP contribution in [-0.4, -0.2) is 60.3 Å². The number of anilines is 2. The van der Waals surface area contributed by atoms with E-state index in [4.69, 9.17) is 15.9 Å². The van der Waals surface area contributed by atoms with Crippen molar-refractivity contribution in [2.75, 3.05) is 38.3 Å². The van der Waals surface area contributed by atoms with Crippen LogP contribution in [0.1, 0.15) is 16.1 Å². The number of hydrogen-bond acceptors (Lipinski definition) is 6. The van der Waals surface area contributed by atoms with E-state index >= 15 is 0 Å². The first-order valence-corrected chi connectivity index (χ1v) is 9.30. The molecule has 1 fully saturated rings. The molecule has 148 valence electrons. The number of nitrogens with zero attached hydrogens (tertiary/aromatic N) is 3. The van der Waals surface area contributed by atoms with Gasteiger partial charge in [-0.05, 0) is 29.8 Å². The number of amides is 1. The van der Waals surface area contributed by atoms with Gasteiger partial charge in [-0.15, -0.1) is 0 Å². The zero-order valence-corrected chi connectivity index (χ0v) is 16.3. The fourth-order valence-electron chi connectivity index (χ4n) is 3.48. The maximum absolute atomic E-state index is 12.8. The standard InChI is InChI=1S/C21H22N6O2/c1-24-17-5-3-12(7-13(17)8-22)16-9-25-20(23)15-4-6-18(26-19(15)16)21(28)27-10-14(11-27)29-2/h3-9,14,22,24H,10-11H2,1-2H3,(H2,23,25)/p+1. The molecule has 0 spiro atoms. The minimum Gasteiger partial charge on any atom is -0.387 e. The van der Waals surface area contributed by atoms with Crippen LogP contribution in [-0.2, 0) is 4.74 Å². The number of nitrogen functional groups attached to an aromatic ring is 1. The van der Waals surface area contributed by atoms with Crippen molar-refractivity contribution in [3.05, 3.63) is 47.8 Å². The minimum atomic E-state index is -0.122. The number of ether oxygens (including phenoxy) is 1. The van der Waals surface area contributed by atoms with E-state index in [2.05, 4.69) is 15.3 Å². The Morgan fingerprint density at radius 2 is 2.14 bits per heavy atom. The number of fused-ring (bicyclic) bond motifs is 1. The third-order valence-corrected chi connectivity index (χ3v) is 5.26. The number of rotatable bonds is 5. The lowest BCUT2D eigenvalue weighted by atomic mass is 10.0. The van der Waals surface area contributed by atoms with Gasteiger partial charge in [-0.1, -0.05) is 6.07 Å². The second-order valence-corrected chi connectivity index (χ2v) is 6.94. The summed E-state index contributed by atoms with van der Waals surface area (Å²) in [7, 11) is 3.49. The van der Waals surface area contributed by atoms with Gasteiger partial charge in [-0.25, -0.2) is 9.97 Å². The van der Waals surface area contributed by atoms with Crippen LogP contribution in [0.3, 0.4) is 0 Å². The molecular weight excluding hydrogens is 368 g/mol. The van der Waals surface area contributed by atoms with Crippen molar-refractivity contribution in [1.82, 2.24) is 14.9 Å². The average molecular weight is 391 g/mol. The van der Waals surface area contributed by atoms with E-state index in [0.717, 1.165) is 22.4 Å². The third-order valence-electron chi connectivity index (χ3n) is 5.26. The fraction of sp³-hybridized carbons (Fsp3) is 0.238. The number of carbonyl (C=O) groups excluding carboxylic acids is 1. The lowest BCUT2D eigenvalue weighted by molar-refractivity contribution is -0.104. The van der Waals surface area contributed by atoms with Crippen LogP contribution in [0.5, 0.6) is 0 Å². The molecule has 8 heteroatoms. The first kappa shape index (κ1) is 18.8. The van der Waals surface area contributed by atoms with Crippen molar-refractivity contribution >= 4 is 34.5 Å². The summed E-state index contributed by atoms with van der Waals surface area (Å²) < 4.78 is 5.25. The van der Waals surface area contributed by atoms with Gasteiger partial charge in [0.05, 0.1) is 17.2 Å². The number of likely N-dealkylation sites (tertiary alicyclic amines) is 1. The molecule has 1 aromatic carbocycles. The normalized spacial score (nSPS) is 13.9. The number of benzene rings is 1. The Morgan fingerprint density at radius 3 is 2.83 bits per heavy atom. The van der Waals surface area contributed by atoms with Gasteiger partial charge in [-0.2, -0.15) is 0 Å². The smallest absolute Gasteiger partial charge is 0.272 e. The van der Waals surface area contributed by atoms with Crippen LogP contribution >= 0.6 is 0 Å². The second kappa shape index (κ2) is 7.48. The van der Waals surface area contributed by atoms with E-state index in [-0.39, 0.29) is 12.0 Å². The van der Waals surface area contributed by atoms with Crippen LogP contribution in [0.15, 0.2) is 36.5 Å². The Morgan fingerprint density at radius 1 is 1.34 bits per heavy atom. The van der Waals surface area contributed by atoms with Gasteiger partial charge in [0.25, 0.3) is 5.91 Å². The summed E-state index contributed by atoms with van der Waals surface area (Å²) in [6.45, 7) is 1.14. The molecule has 1 aliphatic rings. The largest absolute Gasteiger partial charge is 0.387 e. The Hall–Kier alpha value is -3.52.